The Morgan fingerprint density at radius 2 is 2.15 bits per heavy atom. The Morgan fingerprint density at radius 1 is 1.35 bits per heavy atom. The zero-order valence-electron chi connectivity index (χ0n) is 12.2. The van der Waals surface area contributed by atoms with E-state index in [-0.39, 0.29) is 0 Å². The summed E-state index contributed by atoms with van der Waals surface area (Å²) in [6.07, 6.45) is 2.84. The van der Waals surface area contributed by atoms with Gasteiger partial charge in [-0.2, -0.15) is 0 Å². The van der Waals surface area contributed by atoms with E-state index in [9.17, 15) is 0 Å². The Morgan fingerprint density at radius 3 is 2.85 bits per heavy atom. The predicted molar refractivity (Wildman–Crippen MR) is 82.7 cm³/mol. The van der Waals surface area contributed by atoms with Crippen molar-refractivity contribution < 1.29 is 0 Å². The highest BCUT2D eigenvalue weighted by atomic mass is 35.5. The van der Waals surface area contributed by atoms with Gasteiger partial charge in [0.25, 0.3) is 0 Å². The number of nitrogens with zero attached hydrogens (tertiary/aromatic N) is 3. The van der Waals surface area contributed by atoms with Crippen LogP contribution in [0.15, 0.2) is 24.4 Å². The number of benzene rings is 1. The van der Waals surface area contributed by atoms with E-state index in [0.717, 1.165) is 41.4 Å². The zero-order valence-corrected chi connectivity index (χ0v) is 13.0. The summed E-state index contributed by atoms with van der Waals surface area (Å²) in [5, 5.41) is 12.3. The quantitative estimate of drug-likeness (QED) is 0.886. The molecule has 108 valence electrons. The second-order valence-corrected chi connectivity index (χ2v) is 5.59. The lowest BCUT2D eigenvalue weighted by molar-refractivity contribution is 0.583. The van der Waals surface area contributed by atoms with Gasteiger partial charge in [0.05, 0.1) is 11.9 Å². The first-order valence-corrected chi connectivity index (χ1v) is 7.40. The van der Waals surface area contributed by atoms with Crippen molar-refractivity contribution in [1.29, 1.82) is 0 Å². The summed E-state index contributed by atoms with van der Waals surface area (Å²) in [5.41, 5.74) is 3.24. The third kappa shape index (κ3) is 3.58. The molecule has 0 atom stereocenters. The van der Waals surface area contributed by atoms with Gasteiger partial charge in [-0.25, -0.2) is 4.68 Å². The highest BCUT2D eigenvalue weighted by molar-refractivity contribution is 6.31. The lowest BCUT2D eigenvalue weighted by atomic mass is 10.1. The first kappa shape index (κ1) is 15.0. The van der Waals surface area contributed by atoms with Gasteiger partial charge in [0.1, 0.15) is 0 Å². The lowest BCUT2D eigenvalue weighted by Gasteiger charge is -2.12. The fourth-order valence-electron chi connectivity index (χ4n) is 2.04. The fourth-order valence-corrected chi connectivity index (χ4v) is 2.23. The molecule has 1 aromatic heterocycles. The van der Waals surface area contributed by atoms with Gasteiger partial charge in [-0.3, -0.25) is 0 Å². The molecule has 4 nitrogen and oxygen atoms in total. The van der Waals surface area contributed by atoms with Crippen LogP contribution in [-0.4, -0.2) is 21.0 Å². The molecule has 2 rings (SSSR count). The number of rotatable bonds is 6. The minimum Gasteiger partial charge on any atom is -0.310 e. The molecule has 1 heterocycles. The third-order valence-corrected chi connectivity index (χ3v) is 3.46. The van der Waals surface area contributed by atoms with Crippen LogP contribution in [0.2, 0.25) is 5.02 Å². The molecule has 0 aliphatic heterocycles. The molecule has 0 spiro atoms. The van der Waals surface area contributed by atoms with Crippen molar-refractivity contribution in [2.45, 2.75) is 46.3 Å². The molecule has 2 aromatic rings. The van der Waals surface area contributed by atoms with Crippen molar-refractivity contribution in [1.82, 2.24) is 20.3 Å². The molecule has 0 amide bonds. The van der Waals surface area contributed by atoms with Crippen LogP contribution >= 0.6 is 11.6 Å². The third-order valence-electron chi connectivity index (χ3n) is 3.10. The topological polar surface area (TPSA) is 42.7 Å². The van der Waals surface area contributed by atoms with Crippen LogP contribution in [0.1, 0.15) is 32.8 Å². The van der Waals surface area contributed by atoms with E-state index in [1.54, 1.807) is 6.20 Å². The normalized spacial score (nSPS) is 11.2. The molecule has 0 unspecified atom stereocenters. The number of aromatic nitrogens is 3. The van der Waals surface area contributed by atoms with Crippen LogP contribution in [0.25, 0.3) is 11.3 Å². The first-order chi connectivity index (χ1) is 9.61. The van der Waals surface area contributed by atoms with E-state index < -0.39 is 0 Å². The van der Waals surface area contributed by atoms with Crippen molar-refractivity contribution in [2.24, 2.45) is 0 Å². The van der Waals surface area contributed by atoms with Crippen LogP contribution in [0.5, 0.6) is 0 Å². The summed E-state index contributed by atoms with van der Waals surface area (Å²) < 4.78 is 1.93. The van der Waals surface area contributed by atoms with E-state index in [0.29, 0.717) is 6.04 Å². The van der Waals surface area contributed by atoms with E-state index in [1.807, 2.05) is 16.8 Å². The second-order valence-electron chi connectivity index (χ2n) is 5.18. The molecule has 0 bridgehead atoms. The average Bonchev–Trinajstić information content (AvgIpc) is 2.86. The molecule has 0 saturated carbocycles. The predicted octanol–water partition coefficient (Wildman–Crippen LogP) is 3.51. The van der Waals surface area contributed by atoms with Gasteiger partial charge < -0.3 is 5.32 Å². The number of halogens is 1. The smallest absolute Gasteiger partial charge is 0.0885 e. The summed E-state index contributed by atoms with van der Waals surface area (Å²) in [5.74, 6) is 0. The molecule has 5 heteroatoms. The molecule has 1 aromatic carbocycles. The Bertz CT molecular complexity index is 563. The van der Waals surface area contributed by atoms with Crippen LogP contribution in [-0.2, 0) is 13.1 Å². The number of hydrogen-bond donors (Lipinski definition) is 1. The van der Waals surface area contributed by atoms with Gasteiger partial charge in [0.2, 0.25) is 0 Å². The number of nitrogens with one attached hydrogen (secondary N) is 1. The molecule has 1 N–H and O–H groups in total. The van der Waals surface area contributed by atoms with Crippen molar-refractivity contribution in [3.05, 3.63) is 35.0 Å². The van der Waals surface area contributed by atoms with Crippen molar-refractivity contribution >= 4 is 11.6 Å². The molecular weight excluding hydrogens is 272 g/mol. The highest BCUT2D eigenvalue weighted by Crippen LogP contribution is 2.25. The Labute approximate surface area is 125 Å². The van der Waals surface area contributed by atoms with Crippen LogP contribution in [0.4, 0.5) is 0 Å². The van der Waals surface area contributed by atoms with Gasteiger partial charge in [-0.1, -0.05) is 43.7 Å². The van der Waals surface area contributed by atoms with Gasteiger partial charge in [-0.15, -0.1) is 5.10 Å². The van der Waals surface area contributed by atoms with E-state index in [1.165, 1.54) is 0 Å². The van der Waals surface area contributed by atoms with Gasteiger partial charge >= 0.3 is 0 Å². The number of hydrogen-bond acceptors (Lipinski definition) is 3. The van der Waals surface area contributed by atoms with E-state index in [4.69, 9.17) is 11.6 Å². The standard InChI is InChI=1S/C15H21ClN4/c1-4-7-20-15(10-18-19-20)12-5-6-14(16)13(8-12)9-17-11(2)3/h5-6,8,10-11,17H,4,7,9H2,1-3H3. The lowest BCUT2D eigenvalue weighted by Crippen LogP contribution is -2.22. The average molecular weight is 293 g/mol. The zero-order chi connectivity index (χ0) is 14.5. The minimum absolute atomic E-state index is 0.432. The van der Waals surface area contributed by atoms with Gasteiger partial charge in [0, 0.05) is 29.7 Å². The van der Waals surface area contributed by atoms with Crippen LogP contribution in [0, 0.1) is 0 Å². The van der Waals surface area contributed by atoms with Crippen LogP contribution < -0.4 is 5.32 Å². The Kier molecular flexibility index (Phi) is 5.15. The fraction of sp³-hybridized carbons (Fsp3) is 0.467. The molecule has 0 radical (unpaired) electrons. The molecule has 0 saturated heterocycles. The first-order valence-electron chi connectivity index (χ1n) is 7.02. The van der Waals surface area contributed by atoms with Crippen LogP contribution in [0.3, 0.4) is 0 Å². The summed E-state index contributed by atoms with van der Waals surface area (Å²) in [7, 11) is 0. The maximum absolute atomic E-state index is 6.26. The molecule has 0 aliphatic carbocycles. The monoisotopic (exact) mass is 292 g/mol. The summed E-state index contributed by atoms with van der Waals surface area (Å²) in [6.45, 7) is 8.01. The molecule has 0 aliphatic rings. The molecule has 20 heavy (non-hydrogen) atoms. The van der Waals surface area contributed by atoms with Crippen molar-refractivity contribution in [3.8, 4) is 11.3 Å². The van der Waals surface area contributed by atoms with Gasteiger partial charge in [-0.05, 0) is 24.1 Å². The summed E-state index contributed by atoms with van der Waals surface area (Å²) >= 11 is 6.26. The van der Waals surface area contributed by atoms with Crippen molar-refractivity contribution in [2.75, 3.05) is 0 Å². The van der Waals surface area contributed by atoms with Crippen molar-refractivity contribution in [3.63, 3.8) is 0 Å². The Balaban J connectivity index is 2.28. The maximum atomic E-state index is 6.26. The molecular formula is C15H21ClN4. The molecule has 0 fully saturated rings. The highest BCUT2D eigenvalue weighted by Gasteiger charge is 2.09. The number of aryl methyl sites for hydroxylation is 1. The van der Waals surface area contributed by atoms with E-state index in [2.05, 4.69) is 42.5 Å². The Hall–Kier alpha value is -1.39. The van der Waals surface area contributed by atoms with Gasteiger partial charge in [0.15, 0.2) is 0 Å². The van der Waals surface area contributed by atoms with E-state index >= 15 is 0 Å². The maximum Gasteiger partial charge on any atom is 0.0885 e. The summed E-state index contributed by atoms with van der Waals surface area (Å²) in [4.78, 5) is 0. The largest absolute Gasteiger partial charge is 0.310 e. The minimum atomic E-state index is 0.432. The summed E-state index contributed by atoms with van der Waals surface area (Å²) in [6, 6.07) is 6.51. The SMILES string of the molecule is CCCn1nncc1-c1ccc(Cl)c(CNC(C)C)c1. The second kappa shape index (κ2) is 6.86.